The van der Waals surface area contributed by atoms with E-state index in [1.165, 1.54) is 5.01 Å². The number of rotatable bonds is 7. The molecule has 1 aromatic carbocycles. The quantitative estimate of drug-likeness (QED) is 0.734. The predicted molar refractivity (Wildman–Crippen MR) is 83.3 cm³/mol. The zero-order valence-electron chi connectivity index (χ0n) is 12.5. The van der Waals surface area contributed by atoms with Crippen LogP contribution in [0, 0.1) is 0 Å². The molecule has 0 atom stereocenters. The highest BCUT2D eigenvalue weighted by Crippen LogP contribution is 2.14. The number of aliphatic hydroxyl groups is 1. The van der Waals surface area contributed by atoms with E-state index < -0.39 is 0 Å². The minimum absolute atomic E-state index is 0.0456. The summed E-state index contributed by atoms with van der Waals surface area (Å²) in [4.78, 5) is 23.6. The molecule has 6 heteroatoms. The van der Waals surface area contributed by atoms with Gasteiger partial charge in [-0.15, -0.1) is 0 Å². The summed E-state index contributed by atoms with van der Waals surface area (Å²) in [5.41, 5.74) is 1.93. The van der Waals surface area contributed by atoms with Gasteiger partial charge in [0.25, 0.3) is 0 Å². The summed E-state index contributed by atoms with van der Waals surface area (Å²) < 4.78 is 0. The zero-order chi connectivity index (χ0) is 15.8. The third-order valence-corrected chi connectivity index (χ3v) is 3.42. The molecule has 1 aromatic rings. The molecule has 0 fully saturated rings. The number of amides is 2. The molecule has 2 amide bonds. The highest BCUT2D eigenvalue weighted by atomic mass is 16.3. The lowest BCUT2D eigenvalue weighted by molar-refractivity contribution is -0.133. The van der Waals surface area contributed by atoms with Gasteiger partial charge in [-0.25, -0.2) is 5.01 Å². The number of aliphatic hydroxyl groups excluding tert-OH is 1. The third kappa shape index (κ3) is 4.66. The van der Waals surface area contributed by atoms with Crippen LogP contribution in [0.4, 0.5) is 0 Å². The van der Waals surface area contributed by atoms with Crippen LogP contribution in [0.1, 0.15) is 31.2 Å². The molecule has 1 heterocycles. The summed E-state index contributed by atoms with van der Waals surface area (Å²) in [6.07, 6.45) is 1.56. The Morgan fingerprint density at radius 2 is 2.00 bits per heavy atom. The molecule has 0 radical (unpaired) electrons. The number of benzene rings is 1. The van der Waals surface area contributed by atoms with Crippen molar-refractivity contribution >= 4 is 17.5 Å². The fourth-order valence-corrected chi connectivity index (χ4v) is 2.22. The fraction of sp³-hybridized carbons (Fsp3) is 0.438. The molecular formula is C16H21N3O3. The van der Waals surface area contributed by atoms with Gasteiger partial charge in [-0.1, -0.05) is 30.3 Å². The van der Waals surface area contributed by atoms with Gasteiger partial charge in [-0.2, -0.15) is 5.10 Å². The van der Waals surface area contributed by atoms with Crippen LogP contribution in [-0.4, -0.2) is 47.3 Å². The van der Waals surface area contributed by atoms with Crippen LogP contribution in [0.15, 0.2) is 35.4 Å². The maximum Gasteiger partial charge on any atom is 0.243 e. The first-order valence-electron chi connectivity index (χ1n) is 7.51. The van der Waals surface area contributed by atoms with E-state index in [0.29, 0.717) is 19.5 Å². The number of hydrazone groups is 1. The molecule has 6 nitrogen and oxygen atoms in total. The Morgan fingerprint density at radius 1 is 1.23 bits per heavy atom. The fourth-order valence-electron chi connectivity index (χ4n) is 2.22. The molecule has 0 spiro atoms. The van der Waals surface area contributed by atoms with Crippen molar-refractivity contribution < 1.29 is 14.7 Å². The van der Waals surface area contributed by atoms with E-state index in [2.05, 4.69) is 10.4 Å². The predicted octanol–water partition coefficient (Wildman–Crippen LogP) is 0.902. The van der Waals surface area contributed by atoms with Crippen molar-refractivity contribution in [3.8, 4) is 0 Å². The molecule has 0 bridgehead atoms. The number of hydrogen-bond acceptors (Lipinski definition) is 4. The summed E-state index contributed by atoms with van der Waals surface area (Å²) >= 11 is 0. The average molecular weight is 303 g/mol. The molecular weight excluding hydrogens is 282 g/mol. The van der Waals surface area contributed by atoms with Crippen LogP contribution >= 0.6 is 0 Å². The van der Waals surface area contributed by atoms with Crippen LogP contribution in [0.3, 0.4) is 0 Å². The van der Waals surface area contributed by atoms with Gasteiger partial charge in [-0.05, 0) is 12.0 Å². The minimum atomic E-state index is -0.173. The Hall–Kier alpha value is -2.21. The van der Waals surface area contributed by atoms with Gasteiger partial charge in [-0.3, -0.25) is 9.59 Å². The number of nitrogens with one attached hydrogen (secondary N) is 1. The first-order valence-corrected chi connectivity index (χ1v) is 7.51. The van der Waals surface area contributed by atoms with E-state index in [0.717, 1.165) is 17.7 Å². The summed E-state index contributed by atoms with van der Waals surface area (Å²) in [6, 6.07) is 9.78. The van der Waals surface area contributed by atoms with Gasteiger partial charge in [0.05, 0.1) is 12.3 Å². The first-order chi connectivity index (χ1) is 10.7. The van der Waals surface area contributed by atoms with Crippen molar-refractivity contribution in [2.75, 3.05) is 19.7 Å². The van der Waals surface area contributed by atoms with Gasteiger partial charge in [0.2, 0.25) is 11.8 Å². The Balaban J connectivity index is 1.79. The van der Waals surface area contributed by atoms with Gasteiger partial charge in [0.1, 0.15) is 0 Å². The Kier molecular flexibility index (Phi) is 6.09. The highest BCUT2D eigenvalue weighted by Gasteiger charge is 2.21. The molecule has 0 saturated carbocycles. The smallest absolute Gasteiger partial charge is 0.243 e. The molecule has 2 rings (SSSR count). The van der Waals surface area contributed by atoms with Gasteiger partial charge in [0.15, 0.2) is 0 Å². The van der Waals surface area contributed by atoms with Crippen molar-refractivity contribution in [1.82, 2.24) is 10.3 Å². The number of carbonyl (C=O) groups excluding carboxylic acids is 2. The van der Waals surface area contributed by atoms with Gasteiger partial charge < -0.3 is 10.4 Å². The lowest BCUT2D eigenvalue weighted by atomic mass is 10.1. The topological polar surface area (TPSA) is 82.0 Å². The summed E-state index contributed by atoms with van der Waals surface area (Å²) in [5.74, 6) is -0.309. The highest BCUT2D eigenvalue weighted by molar-refractivity contribution is 6.02. The summed E-state index contributed by atoms with van der Waals surface area (Å²) in [5, 5.41) is 17.1. The standard InChI is InChI=1S/C16H21N3O3/c20-12-4-10-17-15(21)7-8-16(22)19-11-9-14(18-19)13-5-2-1-3-6-13/h1-3,5-6,20H,4,7-12H2,(H,17,21). The molecule has 22 heavy (non-hydrogen) atoms. The molecule has 1 aliphatic rings. The molecule has 118 valence electrons. The molecule has 0 unspecified atom stereocenters. The van der Waals surface area contributed by atoms with Crippen molar-refractivity contribution in [2.45, 2.75) is 25.7 Å². The molecule has 0 aliphatic carbocycles. The first kappa shape index (κ1) is 16.2. The molecule has 1 aliphatic heterocycles. The third-order valence-electron chi connectivity index (χ3n) is 3.42. The van der Waals surface area contributed by atoms with E-state index >= 15 is 0 Å². The van der Waals surface area contributed by atoms with Crippen molar-refractivity contribution in [1.29, 1.82) is 0 Å². The van der Waals surface area contributed by atoms with Crippen molar-refractivity contribution in [3.05, 3.63) is 35.9 Å². The van der Waals surface area contributed by atoms with Gasteiger partial charge >= 0.3 is 0 Å². The average Bonchev–Trinajstić information content (AvgIpc) is 3.04. The van der Waals surface area contributed by atoms with Crippen LogP contribution in [0.25, 0.3) is 0 Å². The molecule has 2 N–H and O–H groups in total. The number of nitrogens with zero attached hydrogens (tertiary/aromatic N) is 2. The second-order valence-electron chi connectivity index (χ2n) is 5.11. The van der Waals surface area contributed by atoms with E-state index in [-0.39, 0.29) is 31.3 Å². The van der Waals surface area contributed by atoms with E-state index in [9.17, 15) is 9.59 Å². The van der Waals surface area contributed by atoms with Crippen LogP contribution in [-0.2, 0) is 9.59 Å². The number of carbonyl (C=O) groups is 2. The SMILES string of the molecule is O=C(CCC(=O)N1CCC(c2ccccc2)=N1)NCCCO. The van der Waals surface area contributed by atoms with Crippen LogP contribution < -0.4 is 5.32 Å². The Labute approximate surface area is 129 Å². The lowest BCUT2D eigenvalue weighted by Gasteiger charge is -2.11. The summed E-state index contributed by atoms with van der Waals surface area (Å²) in [7, 11) is 0. The van der Waals surface area contributed by atoms with Crippen LogP contribution in [0.2, 0.25) is 0 Å². The second-order valence-corrected chi connectivity index (χ2v) is 5.11. The molecule has 0 saturated heterocycles. The van der Waals surface area contributed by atoms with Crippen LogP contribution in [0.5, 0.6) is 0 Å². The second kappa shape index (κ2) is 8.29. The monoisotopic (exact) mass is 303 g/mol. The van der Waals surface area contributed by atoms with E-state index in [4.69, 9.17) is 5.11 Å². The summed E-state index contributed by atoms with van der Waals surface area (Å²) in [6.45, 7) is 1.04. The zero-order valence-corrected chi connectivity index (χ0v) is 12.5. The minimum Gasteiger partial charge on any atom is -0.396 e. The Bertz CT molecular complexity index is 543. The maximum absolute atomic E-state index is 12.1. The van der Waals surface area contributed by atoms with Crippen molar-refractivity contribution in [3.63, 3.8) is 0 Å². The van der Waals surface area contributed by atoms with E-state index in [1.54, 1.807) is 0 Å². The van der Waals surface area contributed by atoms with Gasteiger partial charge in [0, 0.05) is 32.4 Å². The van der Waals surface area contributed by atoms with E-state index in [1.807, 2.05) is 30.3 Å². The normalized spacial score (nSPS) is 13.9. The maximum atomic E-state index is 12.1. The van der Waals surface area contributed by atoms with Crippen molar-refractivity contribution in [2.24, 2.45) is 5.10 Å². The largest absolute Gasteiger partial charge is 0.396 e. The lowest BCUT2D eigenvalue weighted by Crippen LogP contribution is -2.28. The number of hydrogen-bond donors (Lipinski definition) is 2. The molecule has 0 aromatic heterocycles. The Morgan fingerprint density at radius 3 is 2.73 bits per heavy atom.